The number of rotatable bonds is 3. The summed E-state index contributed by atoms with van der Waals surface area (Å²) in [7, 11) is 0. The molecule has 0 radical (unpaired) electrons. The quantitative estimate of drug-likeness (QED) is 0.881. The molecule has 2 rings (SSSR count). The molecule has 0 aliphatic carbocycles. The van der Waals surface area contributed by atoms with Gasteiger partial charge in [-0.25, -0.2) is 0 Å². The van der Waals surface area contributed by atoms with Crippen molar-refractivity contribution in [3.05, 3.63) is 53.9 Å². The predicted molar refractivity (Wildman–Crippen MR) is 80.6 cm³/mol. The Bertz CT molecular complexity index is 556. The van der Waals surface area contributed by atoms with Gasteiger partial charge < -0.3 is 11.1 Å². The van der Waals surface area contributed by atoms with Crippen LogP contribution in [0.15, 0.2) is 42.7 Å². The molecule has 1 aromatic carbocycles. The van der Waals surface area contributed by atoms with Crippen molar-refractivity contribution in [2.75, 3.05) is 5.32 Å². The predicted octanol–water partition coefficient (Wildman–Crippen LogP) is 3.58. The number of nitrogens with two attached hydrogens (primary N) is 1. The van der Waals surface area contributed by atoms with Gasteiger partial charge in [-0.1, -0.05) is 32.9 Å². The summed E-state index contributed by atoms with van der Waals surface area (Å²) in [6.45, 7) is 7.10. The lowest BCUT2D eigenvalue weighted by atomic mass is 9.88. The van der Waals surface area contributed by atoms with Crippen LogP contribution in [0.3, 0.4) is 0 Å². The molecule has 0 fully saturated rings. The molecule has 3 nitrogen and oxygen atoms in total. The number of anilines is 2. The number of benzene rings is 1. The summed E-state index contributed by atoms with van der Waals surface area (Å²) < 4.78 is 0. The lowest BCUT2D eigenvalue weighted by Crippen LogP contribution is -2.11. The van der Waals surface area contributed by atoms with Crippen molar-refractivity contribution in [3.8, 4) is 0 Å². The zero-order chi connectivity index (χ0) is 13.9. The largest absolute Gasteiger partial charge is 0.354 e. The molecule has 19 heavy (non-hydrogen) atoms. The highest BCUT2D eigenvalue weighted by atomic mass is 14.9. The average Bonchev–Trinajstić information content (AvgIpc) is 2.38. The molecule has 0 bridgehead atoms. The zero-order valence-corrected chi connectivity index (χ0v) is 11.8. The van der Waals surface area contributed by atoms with Crippen molar-refractivity contribution in [2.24, 2.45) is 5.73 Å². The van der Waals surface area contributed by atoms with Crippen molar-refractivity contribution in [2.45, 2.75) is 32.7 Å². The molecule has 0 atom stereocenters. The van der Waals surface area contributed by atoms with Gasteiger partial charge in [-0.2, -0.15) is 0 Å². The molecule has 1 heterocycles. The zero-order valence-electron chi connectivity index (χ0n) is 11.8. The third kappa shape index (κ3) is 3.55. The second kappa shape index (κ2) is 5.41. The molecule has 3 heteroatoms. The van der Waals surface area contributed by atoms with Crippen LogP contribution in [0, 0.1) is 0 Å². The standard InChI is InChI=1S/C16H21N3/c1-16(2,3)13-8-15(11-18-10-13)19-14-6-4-5-12(7-14)9-17/h4-8,10-11,19H,9,17H2,1-3H3. The van der Waals surface area contributed by atoms with E-state index in [0.29, 0.717) is 6.54 Å². The van der Waals surface area contributed by atoms with E-state index in [4.69, 9.17) is 5.73 Å². The van der Waals surface area contributed by atoms with Gasteiger partial charge in [0.1, 0.15) is 0 Å². The maximum Gasteiger partial charge on any atom is 0.0573 e. The van der Waals surface area contributed by atoms with Crippen LogP contribution in [0.5, 0.6) is 0 Å². The first-order valence-electron chi connectivity index (χ1n) is 6.50. The third-order valence-electron chi connectivity index (χ3n) is 3.06. The lowest BCUT2D eigenvalue weighted by Gasteiger charge is -2.19. The van der Waals surface area contributed by atoms with Crippen LogP contribution in [0.1, 0.15) is 31.9 Å². The van der Waals surface area contributed by atoms with Gasteiger partial charge in [0, 0.05) is 18.4 Å². The highest BCUT2D eigenvalue weighted by molar-refractivity contribution is 5.60. The van der Waals surface area contributed by atoms with Crippen molar-refractivity contribution in [3.63, 3.8) is 0 Å². The summed E-state index contributed by atoms with van der Waals surface area (Å²) in [5.74, 6) is 0. The van der Waals surface area contributed by atoms with E-state index in [1.165, 1.54) is 5.56 Å². The Hall–Kier alpha value is -1.87. The van der Waals surface area contributed by atoms with E-state index in [1.54, 1.807) is 0 Å². The van der Waals surface area contributed by atoms with Gasteiger partial charge in [0.25, 0.3) is 0 Å². The summed E-state index contributed by atoms with van der Waals surface area (Å²) in [6.07, 6.45) is 3.76. The fourth-order valence-electron chi connectivity index (χ4n) is 1.86. The second-order valence-corrected chi connectivity index (χ2v) is 5.74. The molecular formula is C16H21N3. The monoisotopic (exact) mass is 255 g/mol. The number of hydrogen-bond donors (Lipinski definition) is 2. The third-order valence-corrected chi connectivity index (χ3v) is 3.06. The highest BCUT2D eigenvalue weighted by Crippen LogP contribution is 2.25. The molecule has 0 amide bonds. The van der Waals surface area contributed by atoms with Gasteiger partial charge in [-0.15, -0.1) is 0 Å². The van der Waals surface area contributed by atoms with Gasteiger partial charge in [0.15, 0.2) is 0 Å². The highest BCUT2D eigenvalue weighted by Gasteiger charge is 2.14. The Morgan fingerprint density at radius 3 is 2.58 bits per heavy atom. The number of hydrogen-bond acceptors (Lipinski definition) is 3. The van der Waals surface area contributed by atoms with Crippen LogP contribution in [0.25, 0.3) is 0 Å². The summed E-state index contributed by atoms with van der Waals surface area (Å²) >= 11 is 0. The van der Waals surface area contributed by atoms with Gasteiger partial charge in [0.2, 0.25) is 0 Å². The SMILES string of the molecule is CC(C)(C)c1cncc(Nc2cccc(CN)c2)c1. The van der Waals surface area contributed by atoms with E-state index in [1.807, 2.05) is 30.6 Å². The molecule has 1 aromatic heterocycles. The van der Waals surface area contributed by atoms with Crippen LogP contribution in [-0.4, -0.2) is 4.98 Å². The fraction of sp³-hybridized carbons (Fsp3) is 0.312. The number of aromatic nitrogens is 1. The molecule has 100 valence electrons. The van der Waals surface area contributed by atoms with Gasteiger partial charge >= 0.3 is 0 Å². The Labute approximate surface area is 114 Å². The maximum absolute atomic E-state index is 5.65. The van der Waals surface area contributed by atoms with Crippen molar-refractivity contribution in [1.29, 1.82) is 0 Å². The van der Waals surface area contributed by atoms with Crippen LogP contribution >= 0.6 is 0 Å². The van der Waals surface area contributed by atoms with Gasteiger partial charge in [-0.05, 0) is 34.7 Å². The first-order valence-corrected chi connectivity index (χ1v) is 6.50. The first-order chi connectivity index (χ1) is 8.99. The average molecular weight is 255 g/mol. The Morgan fingerprint density at radius 2 is 1.89 bits per heavy atom. The molecule has 0 spiro atoms. The van der Waals surface area contributed by atoms with E-state index >= 15 is 0 Å². The summed E-state index contributed by atoms with van der Waals surface area (Å²) in [5.41, 5.74) is 10.1. The molecule has 3 N–H and O–H groups in total. The Kier molecular flexibility index (Phi) is 3.86. The molecular weight excluding hydrogens is 234 g/mol. The minimum Gasteiger partial charge on any atom is -0.354 e. The van der Waals surface area contributed by atoms with E-state index in [-0.39, 0.29) is 5.41 Å². The summed E-state index contributed by atoms with van der Waals surface area (Å²) in [6, 6.07) is 10.3. The Balaban J connectivity index is 2.23. The number of pyridine rings is 1. The second-order valence-electron chi connectivity index (χ2n) is 5.74. The minimum absolute atomic E-state index is 0.101. The minimum atomic E-state index is 0.101. The van der Waals surface area contributed by atoms with Crippen LogP contribution in [-0.2, 0) is 12.0 Å². The van der Waals surface area contributed by atoms with E-state index in [2.05, 4.69) is 43.2 Å². The van der Waals surface area contributed by atoms with E-state index < -0.39 is 0 Å². The summed E-state index contributed by atoms with van der Waals surface area (Å²) in [4.78, 5) is 4.30. The van der Waals surface area contributed by atoms with Crippen LogP contribution in [0.4, 0.5) is 11.4 Å². The first kappa shape index (κ1) is 13.6. The maximum atomic E-state index is 5.65. The van der Waals surface area contributed by atoms with Crippen molar-refractivity contribution < 1.29 is 0 Å². The molecule has 2 aromatic rings. The van der Waals surface area contributed by atoms with Gasteiger partial charge in [-0.3, -0.25) is 4.98 Å². The molecule has 0 aliphatic rings. The van der Waals surface area contributed by atoms with E-state index in [0.717, 1.165) is 16.9 Å². The molecule has 0 saturated carbocycles. The Morgan fingerprint density at radius 1 is 1.11 bits per heavy atom. The molecule has 0 unspecified atom stereocenters. The number of nitrogens with one attached hydrogen (secondary N) is 1. The normalized spacial score (nSPS) is 11.4. The smallest absolute Gasteiger partial charge is 0.0573 e. The van der Waals surface area contributed by atoms with Gasteiger partial charge in [0.05, 0.1) is 11.9 Å². The molecule has 0 aliphatic heterocycles. The topological polar surface area (TPSA) is 50.9 Å². The van der Waals surface area contributed by atoms with E-state index in [9.17, 15) is 0 Å². The van der Waals surface area contributed by atoms with Crippen molar-refractivity contribution in [1.82, 2.24) is 4.98 Å². The lowest BCUT2D eigenvalue weighted by molar-refractivity contribution is 0.588. The van der Waals surface area contributed by atoms with Crippen LogP contribution < -0.4 is 11.1 Å². The fourth-order valence-corrected chi connectivity index (χ4v) is 1.86. The number of nitrogens with zero attached hydrogens (tertiary/aromatic N) is 1. The molecule has 0 saturated heterocycles. The van der Waals surface area contributed by atoms with Crippen molar-refractivity contribution >= 4 is 11.4 Å². The summed E-state index contributed by atoms with van der Waals surface area (Å²) in [5, 5.41) is 3.37. The van der Waals surface area contributed by atoms with Crippen LogP contribution in [0.2, 0.25) is 0 Å².